The number of hydrogen-bond donors (Lipinski definition) is 1. The molecule has 0 saturated heterocycles. The van der Waals surface area contributed by atoms with Gasteiger partial charge in [-0.15, -0.1) is 0 Å². The van der Waals surface area contributed by atoms with E-state index in [9.17, 15) is 0 Å². The fourth-order valence-corrected chi connectivity index (χ4v) is 2.33. The van der Waals surface area contributed by atoms with Gasteiger partial charge in [-0.3, -0.25) is 4.98 Å². The molecule has 4 nitrogen and oxygen atoms in total. The average Bonchev–Trinajstić information content (AvgIpc) is 2.52. The highest BCUT2D eigenvalue weighted by molar-refractivity contribution is 5.54. The van der Waals surface area contributed by atoms with Crippen molar-refractivity contribution in [3.8, 4) is 11.4 Å². The third kappa shape index (κ3) is 3.20. The zero-order valence-electron chi connectivity index (χ0n) is 12.5. The van der Waals surface area contributed by atoms with Gasteiger partial charge < -0.3 is 5.32 Å². The van der Waals surface area contributed by atoms with Crippen molar-refractivity contribution in [1.29, 1.82) is 0 Å². The standard InChI is InChI=1S/C16H22N4/c1-4-14-13(8-10-17-3)15(5-2)20-16(19-14)12-7-6-9-18-11-12/h6-7,9,11,17H,4-5,8,10H2,1-3H3. The van der Waals surface area contributed by atoms with Crippen molar-refractivity contribution in [3.05, 3.63) is 41.5 Å². The second-order valence-corrected chi connectivity index (χ2v) is 4.72. The summed E-state index contributed by atoms with van der Waals surface area (Å²) >= 11 is 0. The summed E-state index contributed by atoms with van der Waals surface area (Å²) in [5, 5.41) is 3.20. The molecular formula is C16H22N4. The molecule has 2 rings (SSSR count). The lowest BCUT2D eigenvalue weighted by atomic mass is 10.0. The van der Waals surface area contributed by atoms with E-state index in [1.165, 1.54) is 5.56 Å². The van der Waals surface area contributed by atoms with Gasteiger partial charge in [-0.2, -0.15) is 0 Å². The molecule has 0 aromatic carbocycles. The second kappa shape index (κ2) is 7.10. The fraction of sp³-hybridized carbons (Fsp3) is 0.438. The van der Waals surface area contributed by atoms with Gasteiger partial charge in [0, 0.05) is 29.3 Å². The Morgan fingerprint density at radius 2 is 1.80 bits per heavy atom. The van der Waals surface area contributed by atoms with E-state index >= 15 is 0 Å². The largest absolute Gasteiger partial charge is 0.319 e. The summed E-state index contributed by atoms with van der Waals surface area (Å²) in [6, 6.07) is 3.93. The molecule has 2 aromatic heterocycles. The highest BCUT2D eigenvalue weighted by atomic mass is 14.9. The summed E-state index contributed by atoms with van der Waals surface area (Å²) in [5.41, 5.74) is 4.60. The number of hydrogen-bond acceptors (Lipinski definition) is 4. The van der Waals surface area contributed by atoms with Crippen LogP contribution in [0, 0.1) is 0 Å². The molecule has 0 bridgehead atoms. The third-order valence-electron chi connectivity index (χ3n) is 3.39. The molecule has 0 amide bonds. The minimum atomic E-state index is 0.792. The van der Waals surface area contributed by atoms with Crippen molar-refractivity contribution >= 4 is 0 Å². The Bertz CT molecular complexity index is 527. The van der Waals surface area contributed by atoms with E-state index in [0.717, 1.165) is 48.6 Å². The maximum atomic E-state index is 4.74. The van der Waals surface area contributed by atoms with Crippen LogP contribution < -0.4 is 5.32 Å². The highest BCUT2D eigenvalue weighted by Crippen LogP contribution is 2.20. The number of rotatable bonds is 6. The average molecular weight is 270 g/mol. The van der Waals surface area contributed by atoms with Gasteiger partial charge in [-0.05, 0) is 50.6 Å². The quantitative estimate of drug-likeness (QED) is 0.876. The van der Waals surface area contributed by atoms with Crippen molar-refractivity contribution in [3.63, 3.8) is 0 Å². The zero-order valence-corrected chi connectivity index (χ0v) is 12.5. The highest BCUT2D eigenvalue weighted by Gasteiger charge is 2.13. The molecule has 2 aromatic rings. The van der Waals surface area contributed by atoms with Crippen molar-refractivity contribution in [2.75, 3.05) is 13.6 Å². The van der Waals surface area contributed by atoms with Crippen LogP contribution in [0.1, 0.15) is 30.8 Å². The molecule has 20 heavy (non-hydrogen) atoms. The second-order valence-electron chi connectivity index (χ2n) is 4.72. The molecule has 106 valence electrons. The summed E-state index contributed by atoms with van der Waals surface area (Å²) in [6.45, 7) is 5.25. The van der Waals surface area contributed by atoms with E-state index in [4.69, 9.17) is 9.97 Å². The van der Waals surface area contributed by atoms with Gasteiger partial charge >= 0.3 is 0 Å². The topological polar surface area (TPSA) is 50.7 Å². The number of aromatic nitrogens is 3. The molecule has 0 aliphatic heterocycles. The predicted molar refractivity (Wildman–Crippen MR) is 81.6 cm³/mol. The maximum absolute atomic E-state index is 4.74. The van der Waals surface area contributed by atoms with E-state index in [-0.39, 0.29) is 0 Å². The van der Waals surface area contributed by atoms with Crippen molar-refractivity contribution in [2.24, 2.45) is 0 Å². The van der Waals surface area contributed by atoms with E-state index in [1.54, 1.807) is 6.20 Å². The summed E-state index contributed by atoms with van der Waals surface area (Å²) in [4.78, 5) is 13.6. The van der Waals surface area contributed by atoms with Crippen LogP contribution >= 0.6 is 0 Å². The Balaban J connectivity index is 2.47. The Labute approximate surface area is 120 Å². The molecular weight excluding hydrogens is 248 g/mol. The summed E-state index contributed by atoms with van der Waals surface area (Å²) in [6.07, 6.45) is 6.44. The molecule has 0 saturated carbocycles. The lowest BCUT2D eigenvalue weighted by Gasteiger charge is -2.13. The molecule has 1 N–H and O–H groups in total. The van der Waals surface area contributed by atoms with E-state index in [1.807, 2.05) is 25.4 Å². The van der Waals surface area contributed by atoms with E-state index in [2.05, 4.69) is 24.1 Å². The SMILES string of the molecule is CCc1nc(-c2cccnc2)nc(CC)c1CCNC. The number of nitrogens with one attached hydrogen (secondary N) is 1. The first-order valence-electron chi connectivity index (χ1n) is 7.23. The first kappa shape index (κ1) is 14.6. The van der Waals surface area contributed by atoms with Gasteiger partial charge in [0.15, 0.2) is 5.82 Å². The van der Waals surface area contributed by atoms with Gasteiger partial charge in [-0.25, -0.2) is 9.97 Å². The predicted octanol–water partition coefficient (Wildman–Crippen LogP) is 2.43. The first-order chi connectivity index (χ1) is 9.80. The number of aryl methyl sites for hydroxylation is 2. The monoisotopic (exact) mass is 270 g/mol. The minimum absolute atomic E-state index is 0.792. The van der Waals surface area contributed by atoms with Crippen LogP contribution in [0.3, 0.4) is 0 Å². The van der Waals surface area contributed by atoms with Gasteiger partial charge in [0.1, 0.15) is 0 Å². The normalized spacial score (nSPS) is 10.8. The number of nitrogens with zero attached hydrogens (tertiary/aromatic N) is 3. The lowest BCUT2D eigenvalue weighted by molar-refractivity contribution is 0.760. The smallest absolute Gasteiger partial charge is 0.161 e. The third-order valence-corrected chi connectivity index (χ3v) is 3.39. The van der Waals surface area contributed by atoms with Crippen LogP contribution in [-0.2, 0) is 19.3 Å². The number of pyridine rings is 1. The summed E-state index contributed by atoms with van der Waals surface area (Å²) in [5.74, 6) is 0.792. The maximum Gasteiger partial charge on any atom is 0.161 e. The van der Waals surface area contributed by atoms with E-state index in [0.29, 0.717) is 0 Å². The van der Waals surface area contributed by atoms with Crippen molar-refractivity contribution < 1.29 is 0 Å². The van der Waals surface area contributed by atoms with Crippen LogP contribution in [0.2, 0.25) is 0 Å². The van der Waals surface area contributed by atoms with Crippen LogP contribution in [0.4, 0.5) is 0 Å². The van der Waals surface area contributed by atoms with Crippen LogP contribution in [0.15, 0.2) is 24.5 Å². The fourth-order valence-electron chi connectivity index (χ4n) is 2.33. The zero-order chi connectivity index (χ0) is 14.4. The Morgan fingerprint density at radius 1 is 1.10 bits per heavy atom. The van der Waals surface area contributed by atoms with E-state index < -0.39 is 0 Å². The molecule has 2 heterocycles. The van der Waals surface area contributed by atoms with Gasteiger partial charge in [-0.1, -0.05) is 13.8 Å². The van der Waals surface area contributed by atoms with Crippen LogP contribution in [-0.4, -0.2) is 28.5 Å². The molecule has 0 aliphatic carbocycles. The number of likely N-dealkylation sites (N-methyl/N-ethyl adjacent to an activating group) is 1. The van der Waals surface area contributed by atoms with Gasteiger partial charge in [0.2, 0.25) is 0 Å². The van der Waals surface area contributed by atoms with Crippen molar-refractivity contribution in [1.82, 2.24) is 20.3 Å². The first-order valence-corrected chi connectivity index (χ1v) is 7.23. The van der Waals surface area contributed by atoms with Crippen molar-refractivity contribution in [2.45, 2.75) is 33.1 Å². The van der Waals surface area contributed by atoms with Crippen LogP contribution in [0.25, 0.3) is 11.4 Å². The molecule has 4 heteroatoms. The Morgan fingerprint density at radius 3 is 2.30 bits per heavy atom. The Hall–Kier alpha value is -1.81. The van der Waals surface area contributed by atoms with Gasteiger partial charge in [0.25, 0.3) is 0 Å². The molecule has 0 atom stereocenters. The molecule has 0 spiro atoms. The van der Waals surface area contributed by atoms with Crippen LogP contribution in [0.5, 0.6) is 0 Å². The molecule has 0 unspecified atom stereocenters. The minimum Gasteiger partial charge on any atom is -0.319 e. The summed E-state index contributed by atoms with van der Waals surface area (Å²) in [7, 11) is 1.97. The Kier molecular flexibility index (Phi) is 5.18. The molecule has 0 fully saturated rings. The lowest BCUT2D eigenvalue weighted by Crippen LogP contribution is -2.15. The molecule has 0 radical (unpaired) electrons. The van der Waals surface area contributed by atoms with Gasteiger partial charge in [0.05, 0.1) is 0 Å². The molecule has 0 aliphatic rings. The summed E-state index contributed by atoms with van der Waals surface area (Å²) < 4.78 is 0.